The first-order chi connectivity index (χ1) is 6.18. The van der Waals surface area contributed by atoms with Crippen LogP contribution >= 0.6 is 15.9 Å². The summed E-state index contributed by atoms with van der Waals surface area (Å²) in [6.07, 6.45) is 1.32. The largest absolute Gasteiger partial charge is 0.378 e. The van der Waals surface area contributed by atoms with E-state index in [4.69, 9.17) is 4.74 Å². The lowest BCUT2D eigenvalue weighted by atomic mass is 10.2. The monoisotopic (exact) mass is 242 g/mol. The molecule has 0 aliphatic heterocycles. The molecule has 0 saturated heterocycles. The molecule has 1 rings (SSSR count). The van der Waals surface area contributed by atoms with Crippen molar-refractivity contribution in [2.45, 2.75) is 26.4 Å². The van der Waals surface area contributed by atoms with Crippen LogP contribution in [0.2, 0.25) is 0 Å². The van der Waals surface area contributed by atoms with Crippen LogP contribution in [0.4, 0.5) is 0 Å². The van der Waals surface area contributed by atoms with E-state index in [1.54, 1.807) is 0 Å². The van der Waals surface area contributed by atoms with E-state index in [0.717, 1.165) is 17.5 Å². The fraction of sp³-hybridized carbons (Fsp3) is 0.455. The number of hydrogen-bond donors (Lipinski definition) is 0. The van der Waals surface area contributed by atoms with Crippen molar-refractivity contribution in [2.75, 3.05) is 6.61 Å². The summed E-state index contributed by atoms with van der Waals surface area (Å²) in [5.74, 6) is 0. The van der Waals surface area contributed by atoms with Gasteiger partial charge in [-0.1, -0.05) is 28.1 Å². The van der Waals surface area contributed by atoms with Gasteiger partial charge in [-0.25, -0.2) is 0 Å². The zero-order valence-corrected chi connectivity index (χ0v) is 9.67. The van der Waals surface area contributed by atoms with Crippen LogP contribution in [0.5, 0.6) is 0 Å². The molecule has 0 heterocycles. The highest BCUT2D eigenvalue weighted by atomic mass is 79.9. The van der Waals surface area contributed by atoms with Gasteiger partial charge in [0.2, 0.25) is 0 Å². The normalized spacial score (nSPS) is 10.8. The Bertz CT molecular complexity index is 241. The topological polar surface area (TPSA) is 9.23 Å². The SMILES string of the molecule is CC(C)OCCc1ccc(Br)cc1. The highest BCUT2D eigenvalue weighted by Crippen LogP contribution is 2.10. The summed E-state index contributed by atoms with van der Waals surface area (Å²) < 4.78 is 6.59. The van der Waals surface area contributed by atoms with Crippen molar-refractivity contribution in [1.29, 1.82) is 0 Å². The van der Waals surface area contributed by atoms with Crippen molar-refractivity contribution in [1.82, 2.24) is 0 Å². The summed E-state index contributed by atoms with van der Waals surface area (Å²) in [5, 5.41) is 0. The molecule has 0 saturated carbocycles. The van der Waals surface area contributed by atoms with Crippen LogP contribution in [0, 0.1) is 0 Å². The first-order valence-corrected chi connectivity index (χ1v) is 5.34. The third-order valence-electron chi connectivity index (χ3n) is 1.76. The second kappa shape index (κ2) is 5.40. The Morgan fingerprint density at radius 1 is 1.23 bits per heavy atom. The maximum absolute atomic E-state index is 5.46. The van der Waals surface area contributed by atoms with Gasteiger partial charge in [0.25, 0.3) is 0 Å². The lowest BCUT2D eigenvalue weighted by Gasteiger charge is -2.06. The van der Waals surface area contributed by atoms with E-state index in [1.807, 2.05) is 0 Å². The van der Waals surface area contributed by atoms with Crippen LogP contribution in [-0.4, -0.2) is 12.7 Å². The first kappa shape index (κ1) is 10.7. The van der Waals surface area contributed by atoms with E-state index in [2.05, 4.69) is 54.0 Å². The molecule has 1 nitrogen and oxygen atoms in total. The Morgan fingerprint density at radius 2 is 1.85 bits per heavy atom. The Hall–Kier alpha value is -0.340. The summed E-state index contributed by atoms with van der Waals surface area (Å²) in [6.45, 7) is 4.92. The van der Waals surface area contributed by atoms with E-state index in [1.165, 1.54) is 5.56 Å². The lowest BCUT2D eigenvalue weighted by molar-refractivity contribution is 0.0813. The van der Waals surface area contributed by atoms with Gasteiger partial charge in [0.15, 0.2) is 0 Å². The van der Waals surface area contributed by atoms with Gasteiger partial charge in [0, 0.05) is 4.47 Å². The van der Waals surface area contributed by atoms with Crippen LogP contribution in [0.1, 0.15) is 19.4 Å². The van der Waals surface area contributed by atoms with Gasteiger partial charge >= 0.3 is 0 Å². The highest BCUT2D eigenvalue weighted by molar-refractivity contribution is 9.10. The molecule has 1 aromatic carbocycles. The quantitative estimate of drug-likeness (QED) is 0.787. The maximum Gasteiger partial charge on any atom is 0.0519 e. The molecule has 0 unspecified atom stereocenters. The third kappa shape index (κ3) is 4.44. The average Bonchev–Trinajstić information content (AvgIpc) is 2.08. The fourth-order valence-electron chi connectivity index (χ4n) is 1.06. The van der Waals surface area contributed by atoms with Crippen molar-refractivity contribution in [3.63, 3.8) is 0 Å². The second-order valence-corrected chi connectivity index (χ2v) is 4.21. The summed E-state index contributed by atoms with van der Waals surface area (Å²) >= 11 is 3.41. The van der Waals surface area contributed by atoms with Gasteiger partial charge in [-0.3, -0.25) is 0 Å². The van der Waals surface area contributed by atoms with Crippen molar-refractivity contribution in [3.8, 4) is 0 Å². The molecular formula is C11H15BrO. The van der Waals surface area contributed by atoms with Crippen molar-refractivity contribution in [3.05, 3.63) is 34.3 Å². The molecule has 0 N–H and O–H groups in total. The summed E-state index contributed by atoms with van der Waals surface area (Å²) in [7, 11) is 0. The molecule has 13 heavy (non-hydrogen) atoms. The molecule has 0 aromatic heterocycles. The van der Waals surface area contributed by atoms with E-state index in [9.17, 15) is 0 Å². The summed E-state index contributed by atoms with van der Waals surface area (Å²) in [5.41, 5.74) is 1.32. The molecule has 1 aromatic rings. The molecular weight excluding hydrogens is 228 g/mol. The van der Waals surface area contributed by atoms with Crippen LogP contribution in [0.15, 0.2) is 28.7 Å². The third-order valence-corrected chi connectivity index (χ3v) is 2.28. The fourth-order valence-corrected chi connectivity index (χ4v) is 1.33. The predicted octanol–water partition coefficient (Wildman–Crippen LogP) is 3.42. The molecule has 2 heteroatoms. The van der Waals surface area contributed by atoms with Crippen molar-refractivity contribution < 1.29 is 4.74 Å². The van der Waals surface area contributed by atoms with E-state index >= 15 is 0 Å². The molecule has 0 fully saturated rings. The van der Waals surface area contributed by atoms with Gasteiger partial charge in [-0.15, -0.1) is 0 Å². The summed E-state index contributed by atoms with van der Waals surface area (Å²) in [6, 6.07) is 8.36. The lowest BCUT2D eigenvalue weighted by Crippen LogP contribution is -2.05. The molecule has 72 valence electrons. The molecule has 0 radical (unpaired) electrons. The molecule has 0 aliphatic carbocycles. The number of rotatable bonds is 4. The molecule has 0 bridgehead atoms. The number of halogens is 1. The van der Waals surface area contributed by atoms with Crippen LogP contribution < -0.4 is 0 Å². The smallest absolute Gasteiger partial charge is 0.0519 e. The first-order valence-electron chi connectivity index (χ1n) is 4.54. The van der Waals surface area contributed by atoms with Crippen molar-refractivity contribution >= 4 is 15.9 Å². The van der Waals surface area contributed by atoms with Gasteiger partial charge < -0.3 is 4.74 Å². The minimum Gasteiger partial charge on any atom is -0.378 e. The Morgan fingerprint density at radius 3 is 2.38 bits per heavy atom. The van der Waals surface area contributed by atoms with E-state index in [-0.39, 0.29) is 0 Å². The number of hydrogen-bond acceptors (Lipinski definition) is 1. The summed E-state index contributed by atoms with van der Waals surface area (Å²) in [4.78, 5) is 0. The Labute approximate surface area is 88.2 Å². The second-order valence-electron chi connectivity index (χ2n) is 3.30. The number of ether oxygens (including phenoxy) is 1. The average molecular weight is 243 g/mol. The number of benzene rings is 1. The van der Waals surface area contributed by atoms with Crippen molar-refractivity contribution in [2.24, 2.45) is 0 Å². The van der Waals surface area contributed by atoms with Gasteiger partial charge in [0.1, 0.15) is 0 Å². The van der Waals surface area contributed by atoms with Crippen LogP contribution in [0.3, 0.4) is 0 Å². The van der Waals surface area contributed by atoms with Gasteiger partial charge in [0.05, 0.1) is 12.7 Å². The minimum absolute atomic E-state index is 0.329. The molecule has 0 aliphatic rings. The van der Waals surface area contributed by atoms with Gasteiger partial charge in [-0.05, 0) is 38.0 Å². The zero-order chi connectivity index (χ0) is 9.68. The van der Waals surface area contributed by atoms with Gasteiger partial charge in [-0.2, -0.15) is 0 Å². The maximum atomic E-state index is 5.46. The van der Waals surface area contributed by atoms with E-state index in [0.29, 0.717) is 6.10 Å². The standard InChI is InChI=1S/C11H15BrO/c1-9(2)13-8-7-10-3-5-11(12)6-4-10/h3-6,9H,7-8H2,1-2H3. The highest BCUT2D eigenvalue weighted by Gasteiger charge is 1.95. The Balaban J connectivity index is 2.33. The Kier molecular flexibility index (Phi) is 4.46. The molecule has 0 amide bonds. The van der Waals surface area contributed by atoms with Crippen LogP contribution in [0.25, 0.3) is 0 Å². The zero-order valence-electron chi connectivity index (χ0n) is 8.09. The molecule has 0 atom stereocenters. The minimum atomic E-state index is 0.329. The van der Waals surface area contributed by atoms with E-state index < -0.39 is 0 Å². The van der Waals surface area contributed by atoms with Crippen LogP contribution in [-0.2, 0) is 11.2 Å². The molecule has 0 spiro atoms. The predicted molar refractivity (Wildman–Crippen MR) is 58.9 cm³/mol.